The maximum absolute atomic E-state index is 12.6. The fraction of sp³-hybridized carbons (Fsp3) is 0.941. The van der Waals surface area contributed by atoms with Crippen LogP contribution in [0.4, 0.5) is 0 Å². The molecule has 2 atom stereocenters. The molecule has 0 radical (unpaired) electrons. The van der Waals surface area contributed by atoms with Crippen molar-refractivity contribution in [2.24, 2.45) is 11.8 Å². The Balaban J connectivity index is 2.67. The molecular weight excluding hydrogens is 262 g/mol. The minimum atomic E-state index is -0.00463. The smallest absolute Gasteiger partial charge is 0.241 e. The van der Waals surface area contributed by atoms with Gasteiger partial charge in [-0.1, -0.05) is 41.5 Å². The molecule has 0 saturated carbocycles. The molecule has 2 unspecified atom stereocenters. The molecule has 1 aliphatic heterocycles. The van der Waals surface area contributed by atoms with Gasteiger partial charge in [-0.2, -0.15) is 0 Å². The minimum absolute atomic E-state index is 0.00463. The van der Waals surface area contributed by atoms with E-state index in [1.165, 1.54) is 6.42 Å². The SMILES string of the molecule is CCCN(CC)CCN1C(=O)C(C(C)C)NC1CC(C)C. The molecule has 4 heteroatoms. The number of hydrogen-bond donors (Lipinski definition) is 1. The number of amides is 1. The van der Waals surface area contributed by atoms with E-state index in [0.717, 1.165) is 32.6 Å². The molecule has 0 spiro atoms. The summed E-state index contributed by atoms with van der Waals surface area (Å²) in [5.74, 6) is 1.25. The summed E-state index contributed by atoms with van der Waals surface area (Å²) in [4.78, 5) is 17.2. The van der Waals surface area contributed by atoms with Gasteiger partial charge in [0.15, 0.2) is 0 Å². The van der Waals surface area contributed by atoms with Gasteiger partial charge in [0.05, 0.1) is 12.2 Å². The van der Waals surface area contributed by atoms with Crippen LogP contribution in [-0.2, 0) is 4.79 Å². The molecule has 1 fully saturated rings. The van der Waals surface area contributed by atoms with Crippen LogP contribution in [0.25, 0.3) is 0 Å². The van der Waals surface area contributed by atoms with Gasteiger partial charge in [0.2, 0.25) is 5.91 Å². The maximum atomic E-state index is 12.6. The Labute approximate surface area is 131 Å². The lowest BCUT2D eigenvalue weighted by Gasteiger charge is -2.28. The average molecular weight is 297 g/mol. The Kier molecular flexibility index (Phi) is 7.67. The molecule has 1 aliphatic rings. The van der Waals surface area contributed by atoms with Crippen LogP contribution in [0.3, 0.4) is 0 Å². The summed E-state index contributed by atoms with van der Waals surface area (Å²) in [5, 5.41) is 3.55. The first kappa shape index (κ1) is 18.4. The van der Waals surface area contributed by atoms with Gasteiger partial charge < -0.3 is 9.80 Å². The molecule has 1 N–H and O–H groups in total. The Morgan fingerprint density at radius 3 is 2.33 bits per heavy atom. The third kappa shape index (κ3) is 5.26. The van der Waals surface area contributed by atoms with E-state index in [2.05, 4.69) is 56.7 Å². The highest BCUT2D eigenvalue weighted by atomic mass is 16.2. The van der Waals surface area contributed by atoms with E-state index in [1.807, 2.05) is 0 Å². The molecule has 1 saturated heterocycles. The zero-order valence-electron chi connectivity index (χ0n) is 14.9. The van der Waals surface area contributed by atoms with E-state index in [4.69, 9.17) is 0 Å². The molecular formula is C17H35N3O. The van der Waals surface area contributed by atoms with Gasteiger partial charge in [-0.3, -0.25) is 10.1 Å². The van der Waals surface area contributed by atoms with E-state index in [9.17, 15) is 4.79 Å². The van der Waals surface area contributed by atoms with Crippen molar-refractivity contribution in [1.82, 2.24) is 15.1 Å². The van der Waals surface area contributed by atoms with Crippen LogP contribution in [0, 0.1) is 11.8 Å². The highest BCUT2D eigenvalue weighted by Gasteiger charge is 2.39. The number of likely N-dealkylation sites (N-methyl/N-ethyl adjacent to an activating group) is 1. The molecule has 0 aliphatic carbocycles. The van der Waals surface area contributed by atoms with Crippen LogP contribution in [0.2, 0.25) is 0 Å². The second-order valence-electron chi connectivity index (χ2n) is 7.00. The first-order valence-electron chi connectivity index (χ1n) is 8.69. The molecule has 1 rings (SSSR count). The molecule has 21 heavy (non-hydrogen) atoms. The van der Waals surface area contributed by atoms with Crippen molar-refractivity contribution >= 4 is 5.91 Å². The zero-order valence-corrected chi connectivity index (χ0v) is 14.9. The molecule has 4 nitrogen and oxygen atoms in total. The topological polar surface area (TPSA) is 35.6 Å². The van der Waals surface area contributed by atoms with E-state index in [1.54, 1.807) is 0 Å². The lowest BCUT2D eigenvalue weighted by atomic mass is 10.0. The number of carbonyl (C=O) groups excluding carboxylic acids is 1. The summed E-state index contributed by atoms with van der Waals surface area (Å²) in [6.45, 7) is 17.1. The third-order valence-corrected chi connectivity index (χ3v) is 4.30. The molecule has 1 amide bonds. The Bertz CT molecular complexity index is 317. The number of rotatable bonds is 9. The normalized spacial score (nSPS) is 23.1. The number of nitrogens with zero attached hydrogens (tertiary/aromatic N) is 2. The summed E-state index contributed by atoms with van der Waals surface area (Å²) in [5.41, 5.74) is 0. The molecule has 0 bridgehead atoms. The van der Waals surface area contributed by atoms with Crippen LogP contribution in [0.15, 0.2) is 0 Å². The first-order valence-corrected chi connectivity index (χ1v) is 8.69. The average Bonchev–Trinajstić information content (AvgIpc) is 2.71. The van der Waals surface area contributed by atoms with Gasteiger partial charge in [0.1, 0.15) is 0 Å². The summed E-state index contributed by atoms with van der Waals surface area (Å²) in [7, 11) is 0. The van der Waals surface area contributed by atoms with E-state index in [0.29, 0.717) is 17.7 Å². The molecule has 1 heterocycles. The van der Waals surface area contributed by atoms with Crippen LogP contribution in [0.1, 0.15) is 54.4 Å². The molecule has 124 valence electrons. The van der Waals surface area contributed by atoms with Crippen LogP contribution in [0.5, 0.6) is 0 Å². The van der Waals surface area contributed by atoms with Gasteiger partial charge in [0, 0.05) is 13.1 Å². The quantitative estimate of drug-likeness (QED) is 0.710. The third-order valence-electron chi connectivity index (χ3n) is 4.30. The van der Waals surface area contributed by atoms with Gasteiger partial charge >= 0.3 is 0 Å². The van der Waals surface area contributed by atoms with Gasteiger partial charge in [-0.25, -0.2) is 0 Å². The Morgan fingerprint density at radius 1 is 1.19 bits per heavy atom. The highest BCUT2D eigenvalue weighted by Crippen LogP contribution is 2.21. The van der Waals surface area contributed by atoms with Crippen LogP contribution < -0.4 is 5.32 Å². The standard InChI is InChI=1S/C17H35N3O/c1-7-9-19(8-2)10-11-20-15(12-13(3)4)18-16(14(5)6)17(20)21/h13-16,18H,7-12H2,1-6H3. The predicted octanol–water partition coefficient (Wildman–Crippen LogP) is 2.55. The summed E-state index contributed by atoms with van der Waals surface area (Å²) in [6, 6.07) is -0.00463. The lowest BCUT2D eigenvalue weighted by molar-refractivity contribution is -0.131. The van der Waals surface area contributed by atoms with Gasteiger partial charge in [-0.05, 0) is 37.8 Å². The lowest BCUT2D eigenvalue weighted by Crippen LogP contribution is -2.43. The summed E-state index contributed by atoms with van der Waals surface area (Å²) in [6.07, 6.45) is 2.42. The summed E-state index contributed by atoms with van der Waals surface area (Å²) < 4.78 is 0. The van der Waals surface area contributed by atoms with Crippen molar-refractivity contribution in [2.75, 3.05) is 26.2 Å². The van der Waals surface area contributed by atoms with Gasteiger partial charge in [-0.15, -0.1) is 0 Å². The van der Waals surface area contributed by atoms with E-state index in [-0.39, 0.29) is 12.2 Å². The monoisotopic (exact) mass is 297 g/mol. The fourth-order valence-electron chi connectivity index (χ4n) is 3.08. The Hall–Kier alpha value is -0.610. The fourth-order valence-corrected chi connectivity index (χ4v) is 3.08. The van der Waals surface area contributed by atoms with Crippen LogP contribution >= 0.6 is 0 Å². The highest BCUT2D eigenvalue weighted by molar-refractivity contribution is 5.84. The number of nitrogens with one attached hydrogen (secondary N) is 1. The second-order valence-corrected chi connectivity index (χ2v) is 7.00. The number of carbonyl (C=O) groups is 1. The van der Waals surface area contributed by atoms with Crippen molar-refractivity contribution in [3.63, 3.8) is 0 Å². The van der Waals surface area contributed by atoms with E-state index >= 15 is 0 Å². The number of hydrogen-bond acceptors (Lipinski definition) is 3. The van der Waals surface area contributed by atoms with Crippen LogP contribution in [-0.4, -0.2) is 54.1 Å². The second kappa shape index (κ2) is 8.74. The first-order chi connectivity index (χ1) is 9.90. The van der Waals surface area contributed by atoms with Gasteiger partial charge in [0.25, 0.3) is 0 Å². The van der Waals surface area contributed by atoms with Crippen molar-refractivity contribution < 1.29 is 4.79 Å². The van der Waals surface area contributed by atoms with Crippen molar-refractivity contribution in [2.45, 2.75) is 66.6 Å². The molecule has 0 aromatic carbocycles. The summed E-state index contributed by atoms with van der Waals surface area (Å²) >= 11 is 0. The maximum Gasteiger partial charge on any atom is 0.241 e. The largest absolute Gasteiger partial charge is 0.324 e. The zero-order chi connectivity index (χ0) is 16.0. The van der Waals surface area contributed by atoms with Crippen molar-refractivity contribution in [3.8, 4) is 0 Å². The predicted molar refractivity (Wildman–Crippen MR) is 89.1 cm³/mol. The minimum Gasteiger partial charge on any atom is -0.324 e. The molecule has 0 aromatic heterocycles. The molecule has 0 aromatic rings. The van der Waals surface area contributed by atoms with Crippen molar-refractivity contribution in [3.05, 3.63) is 0 Å². The van der Waals surface area contributed by atoms with Crippen molar-refractivity contribution in [1.29, 1.82) is 0 Å². The Morgan fingerprint density at radius 2 is 1.86 bits per heavy atom. The van der Waals surface area contributed by atoms with E-state index < -0.39 is 0 Å².